The van der Waals surface area contributed by atoms with Gasteiger partial charge in [-0.1, -0.05) is 6.07 Å². The lowest BCUT2D eigenvalue weighted by molar-refractivity contribution is -0.145. The van der Waals surface area contributed by atoms with E-state index in [0.717, 1.165) is 19.0 Å². The predicted molar refractivity (Wildman–Crippen MR) is 66.6 cm³/mol. The Labute approximate surface area is 110 Å². The second-order valence-electron chi connectivity index (χ2n) is 5.05. The van der Waals surface area contributed by atoms with Gasteiger partial charge in [0.05, 0.1) is 5.92 Å². The number of hydrogen-bond acceptors (Lipinski definition) is 2. The van der Waals surface area contributed by atoms with Crippen molar-refractivity contribution >= 4 is 5.97 Å². The molecule has 0 radical (unpaired) electrons. The topological polar surface area (TPSA) is 40.5 Å². The molecule has 0 aliphatic carbocycles. The summed E-state index contributed by atoms with van der Waals surface area (Å²) < 4.78 is 26.0. The standard InChI is InChI=1S/C14H17F2NO2/c1-9-11(14(18)19)3-2-6-17(9)8-10-4-5-12(15)13(16)7-10/h4-5,7,9,11H,2-3,6,8H2,1H3,(H,18,19)/t9-,11-/m1/s1. The van der Waals surface area contributed by atoms with E-state index in [9.17, 15) is 13.6 Å². The monoisotopic (exact) mass is 269 g/mol. The molecule has 1 aliphatic heterocycles. The minimum absolute atomic E-state index is 0.0978. The third kappa shape index (κ3) is 3.10. The number of rotatable bonds is 3. The molecule has 0 spiro atoms. The quantitative estimate of drug-likeness (QED) is 0.917. The van der Waals surface area contributed by atoms with Crippen LogP contribution < -0.4 is 0 Å². The fraction of sp³-hybridized carbons (Fsp3) is 0.500. The number of likely N-dealkylation sites (tertiary alicyclic amines) is 1. The summed E-state index contributed by atoms with van der Waals surface area (Å²) >= 11 is 0. The Morgan fingerprint density at radius 2 is 2.16 bits per heavy atom. The molecule has 1 N–H and O–H groups in total. The predicted octanol–water partition coefficient (Wildman–Crippen LogP) is 2.65. The van der Waals surface area contributed by atoms with Crippen molar-refractivity contribution in [2.24, 2.45) is 5.92 Å². The summed E-state index contributed by atoms with van der Waals surface area (Å²) in [6, 6.07) is 3.72. The van der Waals surface area contributed by atoms with Crippen LogP contribution in [-0.4, -0.2) is 28.6 Å². The Balaban J connectivity index is 2.09. The third-order valence-electron chi connectivity index (χ3n) is 3.81. The van der Waals surface area contributed by atoms with Crippen molar-refractivity contribution in [3.63, 3.8) is 0 Å². The Bertz CT molecular complexity index is 479. The minimum atomic E-state index is -0.864. The lowest BCUT2D eigenvalue weighted by Crippen LogP contribution is -2.45. The Kier molecular flexibility index (Phi) is 4.14. The zero-order valence-corrected chi connectivity index (χ0v) is 10.8. The molecular formula is C14H17F2NO2. The van der Waals surface area contributed by atoms with Crippen LogP contribution in [-0.2, 0) is 11.3 Å². The number of carboxylic acids is 1. The van der Waals surface area contributed by atoms with Gasteiger partial charge >= 0.3 is 5.97 Å². The van der Waals surface area contributed by atoms with E-state index in [4.69, 9.17) is 5.11 Å². The highest BCUT2D eigenvalue weighted by Crippen LogP contribution is 2.25. The summed E-state index contributed by atoms with van der Waals surface area (Å²) in [6.45, 7) is 3.10. The average Bonchev–Trinajstić information content (AvgIpc) is 2.36. The summed E-state index contributed by atoms with van der Waals surface area (Å²) in [5.41, 5.74) is 0.664. The number of benzene rings is 1. The van der Waals surface area contributed by atoms with Gasteiger partial charge < -0.3 is 5.11 Å². The van der Waals surface area contributed by atoms with Crippen LogP contribution >= 0.6 is 0 Å². The maximum Gasteiger partial charge on any atom is 0.308 e. The molecule has 3 nitrogen and oxygen atoms in total. The van der Waals surface area contributed by atoms with Gasteiger partial charge in [0.15, 0.2) is 11.6 Å². The first-order chi connectivity index (χ1) is 8.99. The third-order valence-corrected chi connectivity index (χ3v) is 3.81. The van der Waals surface area contributed by atoms with Crippen LogP contribution in [0.5, 0.6) is 0 Å². The molecule has 2 rings (SSSR count). The van der Waals surface area contributed by atoms with E-state index in [-0.39, 0.29) is 12.0 Å². The van der Waals surface area contributed by atoms with Crippen LogP contribution in [0.1, 0.15) is 25.3 Å². The molecule has 0 aromatic heterocycles. The molecule has 0 bridgehead atoms. The Morgan fingerprint density at radius 3 is 2.79 bits per heavy atom. The molecule has 1 aromatic rings. The van der Waals surface area contributed by atoms with Crippen LogP contribution in [0.3, 0.4) is 0 Å². The summed E-state index contributed by atoms with van der Waals surface area (Å²) in [4.78, 5) is 13.1. The van der Waals surface area contributed by atoms with Crippen molar-refractivity contribution in [2.45, 2.75) is 32.4 Å². The SMILES string of the molecule is C[C@@H]1[C@H](C(=O)O)CCCN1Cc1ccc(F)c(F)c1. The molecule has 5 heteroatoms. The number of carboxylic acid groups (broad SMARTS) is 1. The highest BCUT2D eigenvalue weighted by molar-refractivity contribution is 5.70. The van der Waals surface area contributed by atoms with E-state index < -0.39 is 17.6 Å². The maximum atomic E-state index is 13.1. The molecular weight excluding hydrogens is 252 g/mol. The molecule has 0 unspecified atom stereocenters. The first-order valence-corrected chi connectivity index (χ1v) is 6.40. The zero-order chi connectivity index (χ0) is 14.0. The van der Waals surface area contributed by atoms with E-state index in [2.05, 4.69) is 0 Å². The van der Waals surface area contributed by atoms with Gasteiger partial charge in [-0.05, 0) is 44.0 Å². The average molecular weight is 269 g/mol. The number of aliphatic carboxylic acids is 1. The molecule has 1 heterocycles. The van der Waals surface area contributed by atoms with Gasteiger partial charge in [-0.3, -0.25) is 9.69 Å². The molecule has 19 heavy (non-hydrogen) atoms. The summed E-state index contributed by atoms with van der Waals surface area (Å²) in [6.07, 6.45) is 1.48. The van der Waals surface area contributed by atoms with E-state index >= 15 is 0 Å². The largest absolute Gasteiger partial charge is 0.481 e. The van der Waals surface area contributed by atoms with Gasteiger partial charge in [0.1, 0.15) is 0 Å². The number of carbonyl (C=O) groups is 1. The summed E-state index contributed by atoms with van der Waals surface area (Å²) in [5, 5.41) is 9.14. The van der Waals surface area contributed by atoms with E-state index in [1.165, 1.54) is 12.1 Å². The molecule has 1 fully saturated rings. The van der Waals surface area contributed by atoms with Crippen LogP contribution in [0.4, 0.5) is 8.78 Å². The first kappa shape index (κ1) is 13.9. The van der Waals surface area contributed by atoms with Gasteiger partial charge in [0.2, 0.25) is 0 Å². The Morgan fingerprint density at radius 1 is 1.42 bits per heavy atom. The van der Waals surface area contributed by atoms with Crippen molar-refractivity contribution in [1.82, 2.24) is 4.90 Å². The van der Waals surface area contributed by atoms with E-state index in [0.29, 0.717) is 18.5 Å². The number of hydrogen-bond donors (Lipinski definition) is 1. The first-order valence-electron chi connectivity index (χ1n) is 6.40. The highest BCUT2D eigenvalue weighted by atomic mass is 19.2. The van der Waals surface area contributed by atoms with Crippen molar-refractivity contribution in [1.29, 1.82) is 0 Å². The second kappa shape index (κ2) is 5.65. The van der Waals surface area contributed by atoms with Gasteiger partial charge in [-0.15, -0.1) is 0 Å². The van der Waals surface area contributed by atoms with Crippen LogP contribution in [0.2, 0.25) is 0 Å². The Hall–Kier alpha value is -1.49. The van der Waals surface area contributed by atoms with Gasteiger partial charge in [-0.25, -0.2) is 8.78 Å². The number of halogens is 2. The van der Waals surface area contributed by atoms with Crippen molar-refractivity contribution < 1.29 is 18.7 Å². The van der Waals surface area contributed by atoms with E-state index in [1.54, 1.807) is 0 Å². The normalized spacial score (nSPS) is 24.4. The van der Waals surface area contributed by atoms with E-state index in [1.807, 2.05) is 11.8 Å². The summed E-state index contributed by atoms with van der Waals surface area (Å²) in [5.74, 6) is -2.91. The highest BCUT2D eigenvalue weighted by Gasteiger charge is 2.32. The molecule has 104 valence electrons. The van der Waals surface area contributed by atoms with Crippen LogP contribution in [0.25, 0.3) is 0 Å². The molecule has 2 atom stereocenters. The van der Waals surface area contributed by atoms with Crippen molar-refractivity contribution in [2.75, 3.05) is 6.54 Å². The fourth-order valence-electron chi connectivity index (χ4n) is 2.64. The second-order valence-corrected chi connectivity index (χ2v) is 5.05. The fourth-order valence-corrected chi connectivity index (χ4v) is 2.64. The van der Waals surface area contributed by atoms with Crippen molar-refractivity contribution in [3.05, 3.63) is 35.4 Å². The van der Waals surface area contributed by atoms with Gasteiger partial charge in [0.25, 0.3) is 0 Å². The molecule has 1 aromatic carbocycles. The summed E-state index contributed by atoms with van der Waals surface area (Å²) in [7, 11) is 0. The van der Waals surface area contributed by atoms with Crippen molar-refractivity contribution in [3.8, 4) is 0 Å². The smallest absolute Gasteiger partial charge is 0.308 e. The van der Waals surface area contributed by atoms with Gasteiger partial charge in [0, 0.05) is 12.6 Å². The van der Waals surface area contributed by atoms with Crippen LogP contribution in [0, 0.1) is 17.6 Å². The molecule has 0 saturated carbocycles. The minimum Gasteiger partial charge on any atom is -0.481 e. The molecule has 1 saturated heterocycles. The lowest BCUT2D eigenvalue weighted by atomic mass is 9.90. The lowest BCUT2D eigenvalue weighted by Gasteiger charge is -2.37. The zero-order valence-electron chi connectivity index (χ0n) is 10.8. The van der Waals surface area contributed by atoms with Gasteiger partial charge in [-0.2, -0.15) is 0 Å². The number of piperidine rings is 1. The molecule has 0 amide bonds. The maximum absolute atomic E-state index is 13.1. The molecule has 1 aliphatic rings. The van der Waals surface area contributed by atoms with Crippen LogP contribution in [0.15, 0.2) is 18.2 Å². The number of nitrogens with zero attached hydrogens (tertiary/aromatic N) is 1.